The van der Waals surface area contributed by atoms with Crippen molar-refractivity contribution in [1.82, 2.24) is 4.98 Å². The molecule has 18 heavy (non-hydrogen) atoms. The highest BCUT2D eigenvalue weighted by atomic mass is 35.5. The highest BCUT2D eigenvalue weighted by Crippen LogP contribution is 2.31. The van der Waals surface area contributed by atoms with Gasteiger partial charge in [-0.15, -0.1) is 11.3 Å². The normalized spacial score (nSPS) is 10.7. The Bertz CT molecular complexity index is 735. The van der Waals surface area contributed by atoms with Crippen molar-refractivity contribution < 1.29 is 4.79 Å². The van der Waals surface area contributed by atoms with E-state index < -0.39 is 0 Å². The van der Waals surface area contributed by atoms with E-state index in [1.807, 2.05) is 36.4 Å². The van der Waals surface area contributed by atoms with Gasteiger partial charge in [-0.3, -0.25) is 4.79 Å². The molecular formula is C14H8ClNOS. The van der Waals surface area contributed by atoms with Gasteiger partial charge in [-0.2, -0.15) is 0 Å². The van der Waals surface area contributed by atoms with E-state index in [0.717, 1.165) is 27.1 Å². The second kappa shape index (κ2) is 4.52. The predicted molar refractivity (Wildman–Crippen MR) is 75.5 cm³/mol. The smallest absolute Gasteiger partial charge is 0.150 e. The first-order chi connectivity index (χ1) is 8.76. The number of carbonyl (C=O) groups is 1. The number of aromatic nitrogens is 1. The van der Waals surface area contributed by atoms with Gasteiger partial charge in [0, 0.05) is 16.1 Å². The van der Waals surface area contributed by atoms with Crippen LogP contribution in [0.4, 0.5) is 0 Å². The Morgan fingerprint density at radius 1 is 1.17 bits per heavy atom. The van der Waals surface area contributed by atoms with Gasteiger partial charge in [-0.1, -0.05) is 23.7 Å². The molecule has 0 radical (unpaired) electrons. The SMILES string of the molecule is O=Cc1ccc2nc(-c3cccc(Cl)c3)sc2c1. The molecule has 0 spiro atoms. The number of hydrogen-bond acceptors (Lipinski definition) is 3. The van der Waals surface area contributed by atoms with Crippen molar-refractivity contribution in [3.05, 3.63) is 53.1 Å². The maximum absolute atomic E-state index is 10.7. The lowest BCUT2D eigenvalue weighted by Crippen LogP contribution is -1.77. The van der Waals surface area contributed by atoms with Crippen molar-refractivity contribution in [2.24, 2.45) is 0 Å². The van der Waals surface area contributed by atoms with Crippen LogP contribution in [-0.4, -0.2) is 11.3 Å². The summed E-state index contributed by atoms with van der Waals surface area (Å²) >= 11 is 7.53. The third kappa shape index (κ3) is 2.03. The van der Waals surface area contributed by atoms with E-state index >= 15 is 0 Å². The van der Waals surface area contributed by atoms with E-state index in [4.69, 9.17) is 11.6 Å². The molecule has 0 aliphatic heterocycles. The highest BCUT2D eigenvalue weighted by molar-refractivity contribution is 7.21. The van der Waals surface area contributed by atoms with Crippen molar-refractivity contribution in [2.75, 3.05) is 0 Å². The van der Waals surface area contributed by atoms with E-state index in [0.29, 0.717) is 10.6 Å². The zero-order valence-corrected chi connectivity index (χ0v) is 10.8. The van der Waals surface area contributed by atoms with Crippen LogP contribution in [0.1, 0.15) is 10.4 Å². The third-order valence-corrected chi connectivity index (χ3v) is 3.92. The number of nitrogens with zero attached hydrogens (tertiary/aromatic N) is 1. The van der Waals surface area contributed by atoms with Gasteiger partial charge in [0.2, 0.25) is 0 Å². The summed E-state index contributed by atoms with van der Waals surface area (Å²) in [4.78, 5) is 15.3. The Morgan fingerprint density at radius 2 is 2.06 bits per heavy atom. The average Bonchev–Trinajstić information content (AvgIpc) is 2.81. The Hall–Kier alpha value is -1.71. The van der Waals surface area contributed by atoms with Crippen LogP contribution in [0.5, 0.6) is 0 Å². The summed E-state index contributed by atoms with van der Waals surface area (Å²) in [5.74, 6) is 0. The minimum absolute atomic E-state index is 0.670. The Balaban J connectivity index is 2.16. The molecule has 0 amide bonds. The number of benzene rings is 2. The molecule has 0 atom stereocenters. The van der Waals surface area contributed by atoms with E-state index in [1.54, 1.807) is 17.4 Å². The van der Waals surface area contributed by atoms with Crippen LogP contribution in [0.15, 0.2) is 42.5 Å². The topological polar surface area (TPSA) is 30.0 Å². The summed E-state index contributed by atoms with van der Waals surface area (Å²) in [5, 5.41) is 1.61. The minimum atomic E-state index is 0.670. The Labute approximate surface area is 113 Å². The lowest BCUT2D eigenvalue weighted by Gasteiger charge is -1.95. The number of thiazole rings is 1. The summed E-state index contributed by atoms with van der Waals surface area (Å²) in [6, 6.07) is 13.1. The lowest BCUT2D eigenvalue weighted by atomic mass is 10.2. The minimum Gasteiger partial charge on any atom is -0.298 e. The summed E-state index contributed by atoms with van der Waals surface area (Å²) in [6.07, 6.45) is 0.845. The van der Waals surface area contributed by atoms with Gasteiger partial charge < -0.3 is 0 Å². The monoisotopic (exact) mass is 273 g/mol. The van der Waals surface area contributed by atoms with E-state index in [9.17, 15) is 4.79 Å². The average molecular weight is 274 g/mol. The standard InChI is InChI=1S/C14H8ClNOS/c15-11-3-1-2-10(7-11)14-16-12-5-4-9(8-17)6-13(12)18-14/h1-8H. The molecule has 0 unspecified atom stereocenters. The molecule has 1 heterocycles. The van der Waals surface area contributed by atoms with Gasteiger partial charge in [-0.25, -0.2) is 4.98 Å². The molecule has 2 nitrogen and oxygen atoms in total. The van der Waals surface area contributed by atoms with Crippen LogP contribution in [-0.2, 0) is 0 Å². The summed E-state index contributed by atoms with van der Waals surface area (Å²) < 4.78 is 1.01. The van der Waals surface area contributed by atoms with Crippen molar-refractivity contribution >= 4 is 39.4 Å². The zero-order chi connectivity index (χ0) is 12.5. The highest BCUT2D eigenvalue weighted by Gasteiger charge is 2.07. The maximum Gasteiger partial charge on any atom is 0.150 e. The number of aldehydes is 1. The molecule has 0 aliphatic carbocycles. The quantitative estimate of drug-likeness (QED) is 0.647. The molecule has 0 bridgehead atoms. The fourth-order valence-corrected chi connectivity index (χ4v) is 2.96. The first-order valence-corrected chi connectivity index (χ1v) is 6.57. The number of carbonyl (C=O) groups excluding carboxylic acids is 1. The first-order valence-electron chi connectivity index (χ1n) is 5.38. The van der Waals surface area contributed by atoms with Crippen LogP contribution in [0.25, 0.3) is 20.8 Å². The second-order valence-electron chi connectivity index (χ2n) is 3.87. The molecule has 1 aromatic heterocycles. The molecule has 3 aromatic rings. The molecule has 0 saturated carbocycles. The van der Waals surface area contributed by atoms with Crippen LogP contribution in [0.2, 0.25) is 5.02 Å². The predicted octanol–water partition coefficient (Wildman–Crippen LogP) is 4.43. The molecular weight excluding hydrogens is 266 g/mol. The van der Waals surface area contributed by atoms with Crippen LogP contribution < -0.4 is 0 Å². The van der Waals surface area contributed by atoms with E-state index in [-0.39, 0.29) is 0 Å². The molecule has 4 heteroatoms. The van der Waals surface area contributed by atoms with Gasteiger partial charge in [0.05, 0.1) is 10.2 Å². The maximum atomic E-state index is 10.7. The van der Waals surface area contributed by atoms with Crippen molar-refractivity contribution in [1.29, 1.82) is 0 Å². The Kier molecular flexibility index (Phi) is 2.86. The molecule has 0 saturated heterocycles. The van der Waals surface area contributed by atoms with E-state index in [1.165, 1.54) is 0 Å². The van der Waals surface area contributed by atoms with Crippen molar-refractivity contribution in [2.45, 2.75) is 0 Å². The van der Waals surface area contributed by atoms with Crippen LogP contribution in [0, 0.1) is 0 Å². The third-order valence-electron chi connectivity index (χ3n) is 2.62. The number of hydrogen-bond donors (Lipinski definition) is 0. The lowest BCUT2D eigenvalue weighted by molar-refractivity contribution is 0.112. The molecule has 88 valence electrons. The van der Waals surface area contributed by atoms with E-state index in [2.05, 4.69) is 4.98 Å². The summed E-state index contributed by atoms with van der Waals surface area (Å²) in [7, 11) is 0. The molecule has 2 aromatic carbocycles. The van der Waals surface area contributed by atoms with Crippen LogP contribution >= 0.6 is 22.9 Å². The number of halogens is 1. The van der Waals surface area contributed by atoms with Crippen molar-refractivity contribution in [3.63, 3.8) is 0 Å². The van der Waals surface area contributed by atoms with Gasteiger partial charge in [0.25, 0.3) is 0 Å². The molecule has 0 fully saturated rings. The first kappa shape index (κ1) is 11.4. The largest absolute Gasteiger partial charge is 0.298 e. The fourth-order valence-electron chi connectivity index (χ4n) is 1.76. The number of fused-ring (bicyclic) bond motifs is 1. The second-order valence-corrected chi connectivity index (χ2v) is 5.34. The molecule has 0 aliphatic rings. The summed E-state index contributed by atoms with van der Waals surface area (Å²) in [5.41, 5.74) is 2.57. The molecule has 3 rings (SSSR count). The van der Waals surface area contributed by atoms with Crippen LogP contribution in [0.3, 0.4) is 0 Å². The van der Waals surface area contributed by atoms with Gasteiger partial charge >= 0.3 is 0 Å². The fraction of sp³-hybridized carbons (Fsp3) is 0. The van der Waals surface area contributed by atoms with Gasteiger partial charge in [-0.05, 0) is 30.3 Å². The molecule has 0 N–H and O–H groups in total. The van der Waals surface area contributed by atoms with Gasteiger partial charge in [0.1, 0.15) is 11.3 Å². The zero-order valence-electron chi connectivity index (χ0n) is 9.26. The summed E-state index contributed by atoms with van der Waals surface area (Å²) in [6.45, 7) is 0. The van der Waals surface area contributed by atoms with Crippen molar-refractivity contribution in [3.8, 4) is 10.6 Å². The Morgan fingerprint density at radius 3 is 2.83 bits per heavy atom. The number of rotatable bonds is 2. The van der Waals surface area contributed by atoms with Gasteiger partial charge in [0.15, 0.2) is 0 Å².